The van der Waals surface area contributed by atoms with Crippen molar-refractivity contribution in [2.75, 3.05) is 45.8 Å². The summed E-state index contributed by atoms with van der Waals surface area (Å²) in [5, 5.41) is 6.96. The predicted octanol–water partition coefficient (Wildman–Crippen LogP) is 0.271. The van der Waals surface area contributed by atoms with Crippen molar-refractivity contribution < 1.29 is 4.79 Å². The zero-order chi connectivity index (χ0) is 14.7. The summed E-state index contributed by atoms with van der Waals surface area (Å²) < 4.78 is 0. The molecule has 5 nitrogen and oxygen atoms in total. The van der Waals surface area contributed by atoms with Crippen LogP contribution in [0.15, 0.2) is 0 Å². The third-order valence-electron chi connectivity index (χ3n) is 5.52. The summed E-state index contributed by atoms with van der Waals surface area (Å²) in [5.41, 5.74) is 0. The first-order valence-electron chi connectivity index (χ1n) is 8.72. The van der Waals surface area contributed by atoms with Crippen molar-refractivity contribution in [2.45, 2.75) is 44.7 Å². The number of amides is 1. The predicted molar refractivity (Wildman–Crippen MR) is 84.2 cm³/mol. The molecule has 0 bridgehead atoms. The Morgan fingerprint density at radius 2 is 1.90 bits per heavy atom. The van der Waals surface area contributed by atoms with Crippen LogP contribution < -0.4 is 10.6 Å². The molecular weight excluding hydrogens is 264 g/mol. The summed E-state index contributed by atoms with van der Waals surface area (Å²) in [4.78, 5) is 17.3. The van der Waals surface area contributed by atoms with Crippen LogP contribution in [0.3, 0.4) is 0 Å². The van der Waals surface area contributed by atoms with Gasteiger partial charge in [-0.2, -0.15) is 0 Å². The number of rotatable bonds is 3. The minimum atomic E-state index is 0.130. The molecule has 120 valence electrons. The van der Waals surface area contributed by atoms with Crippen LogP contribution in [0.2, 0.25) is 0 Å². The van der Waals surface area contributed by atoms with Crippen LogP contribution in [0.4, 0.5) is 0 Å². The second-order valence-electron chi connectivity index (χ2n) is 6.85. The summed E-state index contributed by atoms with van der Waals surface area (Å²) in [6.07, 6.45) is 4.93. The molecule has 1 amide bonds. The van der Waals surface area contributed by atoms with Gasteiger partial charge in [0.15, 0.2) is 0 Å². The Balaban J connectivity index is 1.47. The third-order valence-corrected chi connectivity index (χ3v) is 5.52. The molecule has 3 aliphatic rings. The third kappa shape index (κ3) is 3.58. The Bertz CT molecular complexity index is 342. The van der Waals surface area contributed by atoms with Gasteiger partial charge in [0.05, 0.1) is 5.92 Å². The average molecular weight is 294 g/mol. The Kier molecular flexibility index (Phi) is 5.14. The van der Waals surface area contributed by atoms with Crippen molar-refractivity contribution in [3.05, 3.63) is 0 Å². The largest absolute Gasteiger partial charge is 0.340 e. The van der Waals surface area contributed by atoms with Crippen molar-refractivity contribution in [2.24, 2.45) is 5.92 Å². The quantitative estimate of drug-likeness (QED) is 0.784. The van der Waals surface area contributed by atoms with E-state index >= 15 is 0 Å². The van der Waals surface area contributed by atoms with E-state index in [1.165, 1.54) is 19.3 Å². The van der Waals surface area contributed by atoms with E-state index < -0.39 is 0 Å². The highest BCUT2D eigenvalue weighted by Gasteiger charge is 2.32. The molecule has 0 aromatic heterocycles. The summed E-state index contributed by atoms with van der Waals surface area (Å²) in [6, 6.07) is 1.09. The van der Waals surface area contributed by atoms with Crippen molar-refractivity contribution >= 4 is 5.91 Å². The average Bonchev–Trinajstić information content (AvgIpc) is 3.09. The number of piperidine rings is 1. The molecule has 3 fully saturated rings. The van der Waals surface area contributed by atoms with Crippen LogP contribution in [0, 0.1) is 5.92 Å². The van der Waals surface area contributed by atoms with Gasteiger partial charge in [-0.15, -0.1) is 0 Å². The lowest BCUT2D eigenvalue weighted by Crippen LogP contribution is -2.55. The zero-order valence-corrected chi connectivity index (χ0v) is 13.3. The molecule has 5 heteroatoms. The lowest BCUT2D eigenvalue weighted by atomic mass is 9.92. The Morgan fingerprint density at radius 1 is 1.10 bits per heavy atom. The van der Waals surface area contributed by atoms with E-state index in [0.29, 0.717) is 18.0 Å². The number of carbonyl (C=O) groups is 1. The van der Waals surface area contributed by atoms with Gasteiger partial charge < -0.3 is 15.5 Å². The molecule has 0 aromatic carbocycles. The number of nitrogens with zero attached hydrogens (tertiary/aromatic N) is 2. The molecule has 3 rings (SSSR count). The molecule has 0 aromatic rings. The highest BCUT2D eigenvalue weighted by atomic mass is 16.2. The molecule has 3 heterocycles. The van der Waals surface area contributed by atoms with E-state index in [1.807, 2.05) is 0 Å². The van der Waals surface area contributed by atoms with E-state index in [2.05, 4.69) is 27.4 Å². The molecule has 3 unspecified atom stereocenters. The maximum Gasteiger partial charge on any atom is 0.227 e. The van der Waals surface area contributed by atoms with E-state index in [0.717, 1.165) is 52.2 Å². The second kappa shape index (κ2) is 7.07. The summed E-state index contributed by atoms with van der Waals surface area (Å²) in [6.45, 7) is 9.36. The summed E-state index contributed by atoms with van der Waals surface area (Å²) in [5.74, 6) is 0.489. The van der Waals surface area contributed by atoms with Gasteiger partial charge >= 0.3 is 0 Å². The number of carbonyl (C=O) groups excluding carboxylic acids is 1. The van der Waals surface area contributed by atoms with E-state index in [9.17, 15) is 4.79 Å². The SMILES string of the molecule is CC(C(=O)N1CCN(C2CCNC2)CC1)C1CCCCN1. The first-order valence-corrected chi connectivity index (χ1v) is 8.72. The molecule has 2 N–H and O–H groups in total. The fourth-order valence-electron chi connectivity index (χ4n) is 4.02. The Morgan fingerprint density at radius 3 is 2.52 bits per heavy atom. The van der Waals surface area contributed by atoms with Crippen LogP contribution in [-0.2, 0) is 4.79 Å². The van der Waals surface area contributed by atoms with Crippen molar-refractivity contribution in [1.29, 1.82) is 0 Å². The smallest absolute Gasteiger partial charge is 0.227 e. The fourth-order valence-corrected chi connectivity index (χ4v) is 4.02. The minimum Gasteiger partial charge on any atom is -0.340 e. The molecule has 21 heavy (non-hydrogen) atoms. The van der Waals surface area contributed by atoms with Gasteiger partial charge in [-0.05, 0) is 32.4 Å². The monoisotopic (exact) mass is 294 g/mol. The topological polar surface area (TPSA) is 47.6 Å². The van der Waals surface area contributed by atoms with Crippen LogP contribution in [-0.4, -0.2) is 73.6 Å². The zero-order valence-electron chi connectivity index (χ0n) is 13.3. The maximum absolute atomic E-state index is 12.7. The van der Waals surface area contributed by atoms with Crippen LogP contribution in [0.5, 0.6) is 0 Å². The standard InChI is InChI=1S/C16H30N4O/c1-13(15-4-2-3-6-18-15)16(21)20-10-8-19(9-11-20)14-5-7-17-12-14/h13-15,17-18H,2-12H2,1H3. The fraction of sp³-hybridized carbons (Fsp3) is 0.938. The van der Waals surface area contributed by atoms with Gasteiger partial charge in [0.25, 0.3) is 0 Å². The number of hydrogen-bond donors (Lipinski definition) is 2. The van der Waals surface area contributed by atoms with E-state index in [-0.39, 0.29) is 5.92 Å². The van der Waals surface area contributed by atoms with E-state index in [1.54, 1.807) is 0 Å². The van der Waals surface area contributed by atoms with Crippen molar-refractivity contribution in [3.63, 3.8) is 0 Å². The highest BCUT2D eigenvalue weighted by molar-refractivity contribution is 5.79. The number of hydrogen-bond acceptors (Lipinski definition) is 4. The van der Waals surface area contributed by atoms with Crippen LogP contribution in [0.25, 0.3) is 0 Å². The first kappa shape index (κ1) is 15.3. The maximum atomic E-state index is 12.7. The highest BCUT2D eigenvalue weighted by Crippen LogP contribution is 2.19. The Hall–Kier alpha value is -0.650. The first-order chi connectivity index (χ1) is 10.3. The molecule has 3 atom stereocenters. The normalized spacial score (nSPS) is 33.1. The van der Waals surface area contributed by atoms with Gasteiger partial charge in [0.2, 0.25) is 5.91 Å². The van der Waals surface area contributed by atoms with Gasteiger partial charge in [-0.1, -0.05) is 13.3 Å². The van der Waals surface area contributed by atoms with Gasteiger partial charge in [0, 0.05) is 44.8 Å². The summed E-state index contributed by atoms with van der Waals surface area (Å²) in [7, 11) is 0. The van der Waals surface area contributed by atoms with E-state index in [4.69, 9.17) is 0 Å². The van der Waals surface area contributed by atoms with Gasteiger partial charge in [-0.3, -0.25) is 9.69 Å². The molecule has 0 radical (unpaired) electrons. The van der Waals surface area contributed by atoms with Crippen molar-refractivity contribution in [1.82, 2.24) is 20.4 Å². The van der Waals surface area contributed by atoms with Crippen LogP contribution in [0.1, 0.15) is 32.6 Å². The van der Waals surface area contributed by atoms with Crippen molar-refractivity contribution in [3.8, 4) is 0 Å². The van der Waals surface area contributed by atoms with Gasteiger partial charge in [-0.25, -0.2) is 0 Å². The molecule has 0 saturated carbocycles. The second-order valence-corrected chi connectivity index (χ2v) is 6.85. The lowest BCUT2D eigenvalue weighted by molar-refractivity contribution is -0.138. The minimum absolute atomic E-state index is 0.130. The van der Waals surface area contributed by atoms with Crippen LogP contribution >= 0.6 is 0 Å². The van der Waals surface area contributed by atoms with Gasteiger partial charge in [0.1, 0.15) is 0 Å². The Labute approximate surface area is 128 Å². The molecule has 3 aliphatic heterocycles. The molecule has 0 spiro atoms. The molecular formula is C16H30N4O. The lowest BCUT2D eigenvalue weighted by Gasteiger charge is -2.40. The molecule has 3 saturated heterocycles. The number of nitrogens with one attached hydrogen (secondary N) is 2. The molecule has 0 aliphatic carbocycles. The summed E-state index contributed by atoms with van der Waals surface area (Å²) >= 11 is 0. The number of piperazine rings is 1.